The van der Waals surface area contributed by atoms with Gasteiger partial charge in [-0.3, -0.25) is 24.2 Å². The van der Waals surface area contributed by atoms with Gasteiger partial charge in [0.05, 0.1) is 18.9 Å². The molecule has 0 aromatic rings. The molecule has 0 aromatic carbocycles. The summed E-state index contributed by atoms with van der Waals surface area (Å²) < 4.78 is 0. The number of hydrogen-bond acceptors (Lipinski definition) is 7. The van der Waals surface area contributed by atoms with E-state index in [1.165, 1.54) is 0 Å². The molecule has 0 aliphatic carbocycles. The van der Waals surface area contributed by atoms with Crippen LogP contribution >= 0.6 is 0 Å². The van der Waals surface area contributed by atoms with Gasteiger partial charge in [-0.05, 0) is 12.8 Å². The first-order valence-corrected chi connectivity index (χ1v) is 8.08. The molecule has 3 unspecified atom stereocenters. The molecule has 0 rings (SSSR count). The van der Waals surface area contributed by atoms with Gasteiger partial charge in [0.25, 0.3) is 0 Å². The zero-order valence-corrected chi connectivity index (χ0v) is 15.0. The standard InChI is InChI=1S/C14H25N7O7/c15-6(2-1-3-19-14(17)18)11(25)20-7(5-10(23)24)12(26)21-8(13(27)28)4-9(16)22/h6-8H,1-5,15H2,(H2,16,22)(H,20,25)(H,21,26)(H,23,24)(H,27,28)(H4,17,18,19). The molecule has 0 aromatic heterocycles. The summed E-state index contributed by atoms with van der Waals surface area (Å²) >= 11 is 0. The number of nitrogens with zero attached hydrogens (tertiary/aromatic N) is 1. The van der Waals surface area contributed by atoms with Crippen molar-refractivity contribution in [1.29, 1.82) is 0 Å². The van der Waals surface area contributed by atoms with Crippen molar-refractivity contribution in [1.82, 2.24) is 10.6 Å². The summed E-state index contributed by atoms with van der Waals surface area (Å²) in [6, 6.07) is -4.37. The minimum absolute atomic E-state index is 0.125. The Balaban J connectivity index is 4.95. The molecule has 0 bridgehead atoms. The fraction of sp³-hybridized carbons (Fsp3) is 0.571. The predicted molar refractivity (Wildman–Crippen MR) is 95.4 cm³/mol. The lowest BCUT2D eigenvalue weighted by molar-refractivity contribution is -0.144. The number of primary amides is 1. The van der Waals surface area contributed by atoms with E-state index in [4.69, 9.17) is 33.1 Å². The number of guanidine groups is 1. The van der Waals surface area contributed by atoms with E-state index in [1.54, 1.807) is 0 Å². The molecule has 0 saturated heterocycles. The summed E-state index contributed by atoms with van der Waals surface area (Å²) in [7, 11) is 0. The molecule has 3 atom stereocenters. The highest BCUT2D eigenvalue weighted by molar-refractivity contribution is 5.94. The number of carboxylic acid groups (broad SMARTS) is 2. The Labute approximate surface area is 159 Å². The van der Waals surface area contributed by atoms with E-state index in [-0.39, 0.29) is 18.9 Å². The van der Waals surface area contributed by atoms with Crippen molar-refractivity contribution in [3.05, 3.63) is 0 Å². The molecule has 0 saturated carbocycles. The molecular weight excluding hydrogens is 378 g/mol. The van der Waals surface area contributed by atoms with Crippen molar-refractivity contribution in [2.24, 2.45) is 27.9 Å². The molecule has 14 nitrogen and oxygen atoms in total. The predicted octanol–water partition coefficient (Wildman–Crippen LogP) is -4.23. The van der Waals surface area contributed by atoms with Crippen LogP contribution in [0.4, 0.5) is 0 Å². The van der Waals surface area contributed by atoms with Gasteiger partial charge in [-0.25, -0.2) is 4.79 Å². The minimum Gasteiger partial charge on any atom is -0.481 e. The average molecular weight is 403 g/mol. The van der Waals surface area contributed by atoms with Crippen LogP contribution in [0.25, 0.3) is 0 Å². The average Bonchev–Trinajstić information content (AvgIpc) is 2.55. The summed E-state index contributed by atoms with van der Waals surface area (Å²) in [5.41, 5.74) is 20.9. The number of carbonyl (C=O) groups excluding carboxylic acids is 3. The van der Waals surface area contributed by atoms with Gasteiger partial charge in [0.15, 0.2) is 5.96 Å². The van der Waals surface area contributed by atoms with Gasteiger partial charge in [-0.1, -0.05) is 0 Å². The highest BCUT2D eigenvalue weighted by atomic mass is 16.4. The third kappa shape index (κ3) is 10.5. The van der Waals surface area contributed by atoms with Crippen molar-refractivity contribution >= 4 is 35.6 Å². The first kappa shape index (κ1) is 24.6. The van der Waals surface area contributed by atoms with Crippen LogP contribution in [0.3, 0.4) is 0 Å². The second kappa shape index (κ2) is 12.1. The van der Waals surface area contributed by atoms with Crippen LogP contribution in [-0.2, 0) is 24.0 Å². The molecular formula is C14H25N7O7. The highest BCUT2D eigenvalue weighted by Gasteiger charge is 2.30. The number of aliphatic carboxylic acids is 2. The van der Waals surface area contributed by atoms with Gasteiger partial charge in [0.2, 0.25) is 17.7 Å². The lowest BCUT2D eigenvalue weighted by atomic mass is 10.1. The first-order chi connectivity index (χ1) is 12.9. The van der Waals surface area contributed by atoms with Gasteiger partial charge in [0, 0.05) is 6.54 Å². The van der Waals surface area contributed by atoms with E-state index in [9.17, 15) is 24.0 Å². The third-order valence-electron chi connectivity index (χ3n) is 3.34. The lowest BCUT2D eigenvalue weighted by Crippen LogP contribution is -2.55. The third-order valence-corrected chi connectivity index (χ3v) is 3.34. The van der Waals surface area contributed by atoms with Gasteiger partial charge in [-0.2, -0.15) is 0 Å². The van der Waals surface area contributed by atoms with Crippen LogP contribution in [-0.4, -0.2) is 70.5 Å². The number of rotatable bonds is 13. The maximum absolute atomic E-state index is 12.2. The Kier molecular flexibility index (Phi) is 10.6. The molecule has 14 heteroatoms. The Morgan fingerprint density at radius 3 is 1.93 bits per heavy atom. The Bertz CT molecular complexity index is 634. The number of aliphatic imine (C=N–C) groups is 1. The second-order valence-electron chi connectivity index (χ2n) is 5.78. The first-order valence-electron chi connectivity index (χ1n) is 8.08. The zero-order valence-electron chi connectivity index (χ0n) is 15.0. The second-order valence-corrected chi connectivity index (χ2v) is 5.78. The van der Waals surface area contributed by atoms with Crippen molar-refractivity contribution in [2.75, 3.05) is 6.54 Å². The summed E-state index contributed by atoms with van der Waals surface area (Å²) in [6.07, 6.45) is -1.05. The SMILES string of the molecule is NC(=O)CC(NC(=O)C(CC(=O)O)NC(=O)C(N)CCCN=C(N)N)C(=O)O. The van der Waals surface area contributed by atoms with Crippen LogP contribution in [0.5, 0.6) is 0 Å². The Hall–Kier alpha value is -3.42. The molecule has 0 aliphatic rings. The Morgan fingerprint density at radius 2 is 1.46 bits per heavy atom. The number of amides is 3. The molecule has 158 valence electrons. The van der Waals surface area contributed by atoms with E-state index in [0.717, 1.165) is 0 Å². The van der Waals surface area contributed by atoms with Crippen LogP contribution in [0.15, 0.2) is 4.99 Å². The summed E-state index contributed by atoms with van der Waals surface area (Å²) in [5, 5.41) is 22.0. The smallest absolute Gasteiger partial charge is 0.326 e. The topological polar surface area (TPSA) is 266 Å². The molecule has 28 heavy (non-hydrogen) atoms. The van der Waals surface area contributed by atoms with Gasteiger partial charge in [-0.15, -0.1) is 0 Å². The monoisotopic (exact) mass is 403 g/mol. The van der Waals surface area contributed by atoms with Crippen LogP contribution in [0.1, 0.15) is 25.7 Å². The zero-order chi connectivity index (χ0) is 21.9. The van der Waals surface area contributed by atoms with E-state index in [2.05, 4.69) is 10.3 Å². The fourth-order valence-corrected chi connectivity index (χ4v) is 1.99. The molecule has 0 spiro atoms. The Morgan fingerprint density at radius 1 is 0.893 bits per heavy atom. The van der Waals surface area contributed by atoms with Gasteiger partial charge < -0.3 is 43.8 Å². The maximum atomic E-state index is 12.2. The molecule has 0 fully saturated rings. The van der Waals surface area contributed by atoms with E-state index in [0.29, 0.717) is 6.42 Å². The number of nitrogens with one attached hydrogen (secondary N) is 2. The van der Waals surface area contributed by atoms with Crippen LogP contribution in [0.2, 0.25) is 0 Å². The highest BCUT2D eigenvalue weighted by Crippen LogP contribution is 2.01. The summed E-state index contributed by atoms with van der Waals surface area (Å²) in [6.45, 7) is 0.218. The number of hydrogen-bond donors (Lipinski definition) is 8. The van der Waals surface area contributed by atoms with Crippen molar-refractivity contribution < 1.29 is 34.2 Å². The van der Waals surface area contributed by atoms with Crippen molar-refractivity contribution in [2.45, 2.75) is 43.8 Å². The molecule has 0 radical (unpaired) electrons. The number of nitrogens with two attached hydrogens (primary N) is 4. The van der Waals surface area contributed by atoms with Crippen LogP contribution in [0, 0.1) is 0 Å². The lowest BCUT2D eigenvalue weighted by Gasteiger charge is -2.21. The fourth-order valence-electron chi connectivity index (χ4n) is 1.99. The molecule has 12 N–H and O–H groups in total. The normalized spacial score (nSPS) is 13.5. The molecule has 0 heterocycles. The minimum atomic E-state index is -1.67. The van der Waals surface area contributed by atoms with Crippen LogP contribution < -0.4 is 33.6 Å². The van der Waals surface area contributed by atoms with Crippen molar-refractivity contribution in [3.8, 4) is 0 Å². The summed E-state index contributed by atoms with van der Waals surface area (Å²) in [5.74, 6) is -6.04. The summed E-state index contributed by atoms with van der Waals surface area (Å²) in [4.78, 5) is 60.9. The molecule has 3 amide bonds. The number of carboxylic acids is 2. The van der Waals surface area contributed by atoms with E-state index >= 15 is 0 Å². The maximum Gasteiger partial charge on any atom is 0.326 e. The van der Waals surface area contributed by atoms with Crippen molar-refractivity contribution in [3.63, 3.8) is 0 Å². The quantitative estimate of drug-likeness (QED) is 0.0833. The van der Waals surface area contributed by atoms with E-state index < -0.39 is 60.6 Å². The molecule has 0 aliphatic heterocycles. The van der Waals surface area contributed by atoms with Gasteiger partial charge in [0.1, 0.15) is 12.1 Å². The van der Waals surface area contributed by atoms with E-state index in [1.807, 2.05) is 5.32 Å². The largest absolute Gasteiger partial charge is 0.481 e. The van der Waals surface area contributed by atoms with Gasteiger partial charge >= 0.3 is 11.9 Å². The number of carbonyl (C=O) groups is 5.